The van der Waals surface area contributed by atoms with Crippen molar-refractivity contribution in [3.63, 3.8) is 0 Å². The van der Waals surface area contributed by atoms with Gasteiger partial charge in [-0.15, -0.1) is 0 Å². The number of rotatable bonds is 13. The molecule has 0 spiro atoms. The number of nitrogens with zero attached hydrogens (tertiary/aromatic N) is 2. The Morgan fingerprint density at radius 2 is 1.66 bits per heavy atom. The SMILES string of the molecule is CCCNC(=O)C(Cc1ccccc1)N(Cc1ccc(Cl)cc1)C(=O)CN(c1ccc2c(c1)OCO2)S(=O)(=O)CC. The zero-order valence-electron chi connectivity index (χ0n) is 23.1. The van der Waals surface area contributed by atoms with Crippen LogP contribution in [0.25, 0.3) is 0 Å². The quantitative estimate of drug-likeness (QED) is 0.312. The third kappa shape index (κ3) is 7.71. The van der Waals surface area contributed by atoms with E-state index in [1.807, 2.05) is 37.3 Å². The number of carbonyl (C=O) groups is 2. The van der Waals surface area contributed by atoms with Crippen molar-refractivity contribution in [3.8, 4) is 11.5 Å². The lowest BCUT2D eigenvalue weighted by Gasteiger charge is -2.33. The van der Waals surface area contributed by atoms with Gasteiger partial charge in [-0.05, 0) is 48.7 Å². The van der Waals surface area contributed by atoms with Crippen LogP contribution in [0.4, 0.5) is 5.69 Å². The summed E-state index contributed by atoms with van der Waals surface area (Å²) in [5.74, 6) is -0.178. The molecule has 0 bridgehead atoms. The first kappa shape index (κ1) is 30.2. The molecule has 0 radical (unpaired) electrons. The average Bonchev–Trinajstić information content (AvgIpc) is 3.46. The van der Waals surface area contributed by atoms with Crippen LogP contribution in [0.15, 0.2) is 72.8 Å². The normalized spacial score (nSPS) is 13.0. The smallest absolute Gasteiger partial charge is 0.244 e. The van der Waals surface area contributed by atoms with E-state index in [9.17, 15) is 18.0 Å². The molecule has 1 atom stereocenters. The fraction of sp³-hybridized carbons (Fsp3) is 0.333. The van der Waals surface area contributed by atoms with Gasteiger partial charge < -0.3 is 19.7 Å². The van der Waals surface area contributed by atoms with E-state index in [0.29, 0.717) is 23.1 Å². The van der Waals surface area contributed by atoms with Crippen LogP contribution in [-0.2, 0) is 32.6 Å². The van der Waals surface area contributed by atoms with Crippen molar-refractivity contribution < 1.29 is 27.5 Å². The van der Waals surface area contributed by atoms with Gasteiger partial charge in [-0.25, -0.2) is 8.42 Å². The first-order chi connectivity index (χ1) is 19.7. The standard InChI is InChI=1S/C30H34ClN3O6S/c1-3-16-32-30(36)26(17-22-8-6-5-7-9-22)33(19-23-10-12-24(31)13-11-23)29(35)20-34(41(37,38)4-2)25-14-15-27-28(18-25)40-21-39-27/h5-15,18,26H,3-4,16-17,19-21H2,1-2H3,(H,32,36). The predicted molar refractivity (Wildman–Crippen MR) is 159 cm³/mol. The third-order valence-electron chi connectivity index (χ3n) is 6.71. The first-order valence-electron chi connectivity index (χ1n) is 13.5. The van der Waals surface area contributed by atoms with Crippen LogP contribution in [0.3, 0.4) is 0 Å². The fourth-order valence-electron chi connectivity index (χ4n) is 4.47. The second kappa shape index (κ2) is 13.7. The van der Waals surface area contributed by atoms with Gasteiger partial charge in [0.2, 0.25) is 28.6 Å². The number of ether oxygens (including phenoxy) is 2. The van der Waals surface area contributed by atoms with Crippen molar-refractivity contribution in [1.29, 1.82) is 0 Å². The van der Waals surface area contributed by atoms with E-state index in [1.165, 1.54) is 11.8 Å². The van der Waals surface area contributed by atoms with Crippen molar-refractivity contribution in [1.82, 2.24) is 10.2 Å². The van der Waals surface area contributed by atoms with Gasteiger partial charge >= 0.3 is 0 Å². The van der Waals surface area contributed by atoms with E-state index in [-0.39, 0.29) is 37.1 Å². The predicted octanol–water partition coefficient (Wildman–Crippen LogP) is 4.39. The average molecular weight is 600 g/mol. The number of amides is 2. The van der Waals surface area contributed by atoms with E-state index >= 15 is 0 Å². The van der Waals surface area contributed by atoms with E-state index in [4.69, 9.17) is 21.1 Å². The van der Waals surface area contributed by atoms with Crippen molar-refractivity contribution >= 4 is 39.1 Å². The molecule has 0 aromatic heterocycles. The van der Waals surface area contributed by atoms with Crippen LogP contribution in [0.2, 0.25) is 5.02 Å². The van der Waals surface area contributed by atoms with Crippen molar-refractivity contribution in [2.75, 3.05) is 29.9 Å². The molecular weight excluding hydrogens is 566 g/mol. The van der Waals surface area contributed by atoms with Gasteiger partial charge in [0.05, 0.1) is 11.4 Å². The van der Waals surface area contributed by atoms with Crippen LogP contribution in [-0.4, -0.2) is 56.8 Å². The molecule has 1 heterocycles. The molecule has 1 aliphatic rings. The minimum Gasteiger partial charge on any atom is -0.454 e. The lowest BCUT2D eigenvalue weighted by molar-refractivity contribution is -0.140. The first-order valence-corrected chi connectivity index (χ1v) is 15.5. The van der Waals surface area contributed by atoms with Crippen molar-refractivity contribution in [2.24, 2.45) is 0 Å². The third-order valence-corrected chi connectivity index (χ3v) is 8.70. The van der Waals surface area contributed by atoms with Gasteiger partial charge in [0.25, 0.3) is 0 Å². The second-order valence-corrected chi connectivity index (χ2v) is 12.2. The number of nitrogens with one attached hydrogen (secondary N) is 1. The van der Waals surface area contributed by atoms with E-state index in [2.05, 4.69) is 5.32 Å². The maximum Gasteiger partial charge on any atom is 0.244 e. The summed E-state index contributed by atoms with van der Waals surface area (Å²) in [6.45, 7) is 3.51. The minimum absolute atomic E-state index is 0.0289. The summed E-state index contributed by atoms with van der Waals surface area (Å²) in [7, 11) is -3.89. The largest absolute Gasteiger partial charge is 0.454 e. The lowest BCUT2D eigenvalue weighted by atomic mass is 10.0. The molecule has 0 saturated heterocycles. The zero-order valence-corrected chi connectivity index (χ0v) is 24.7. The number of hydrogen-bond acceptors (Lipinski definition) is 6. The van der Waals surface area contributed by atoms with Gasteiger partial charge in [-0.2, -0.15) is 0 Å². The van der Waals surface area contributed by atoms with Crippen LogP contribution < -0.4 is 19.1 Å². The topological polar surface area (TPSA) is 105 Å². The number of hydrogen-bond donors (Lipinski definition) is 1. The summed E-state index contributed by atoms with van der Waals surface area (Å²) < 4.78 is 38.4. The summed E-state index contributed by atoms with van der Waals surface area (Å²) in [4.78, 5) is 29.2. The second-order valence-electron chi connectivity index (χ2n) is 9.59. The Morgan fingerprint density at radius 3 is 2.34 bits per heavy atom. The molecule has 11 heteroatoms. The Kier molecular flexibility index (Phi) is 10.1. The summed E-state index contributed by atoms with van der Waals surface area (Å²) in [5, 5.41) is 3.46. The molecule has 2 amide bonds. The fourth-order valence-corrected chi connectivity index (χ4v) is 5.65. The Bertz CT molecular complexity index is 1450. The van der Waals surface area contributed by atoms with Gasteiger partial charge in [0.1, 0.15) is 12.6 Å². The molecular formula is C30H34ClN3O6S. The molecule has 218 valence electrons. The van der Waals surface area contributed by atoms with Gasteiger partial charge in [0, 0.05) is 30.6 Å². The molecule has 0 saturated carbocycles. The highest BCUT2D eigenvalue weighted by molar-refractivity contribution is 7.92. The molecule has 1 aliphatic heterocycles. The Hall–Kier alpha value is -3.76. The van der Waals surface area contributed by atoms with Crippen LogP contribution in [0.1, 0.15) is 31.4 Å². The molecule has 9 nitrogen and oxygen atoms in total. The minimum atomic E-state index is -3.89. The monoisotopic (exact) mass is 599 g/mol. The van der Waals surface area contributed by atoms with Gasteiger partial charge in [0.15, 0.2) is 11.5 Å². The highest BCUT2D eigenvalue weighted by Crippen LogP contribution is 2.36. The summed E-state index contributed by atoms with van der Waals surface area (Å²) in [6, 6.07) is 20.2. The maximum absolute atomic E-state index is 14.2. The molecule has 3 aromatic rings. The van der Waals surface area contributed by atoms with Gasteiger partial charge in [-0.1, -0.05) is 61.0 Å². The number of anilines is 1. The number of sulfonamides is 1. The number of fused-ring (bicyclic) bond motifs is 1. The van der Waals surface area contributed by atoms with E-state index < -0.39 is 28.5 Å². The lowest BCUT2D eigenvalue weighted by Crippen LogP contribution is -2.53. The number of benzene rings is 3. The Labute approximate surface area is 246 Å². The molecule has 3 aromatic carbocycles. The van der Waals surface area contributed by atoms with Crippen molar-refractivity contribution in [3.05, 3.63) is 88.9 Å². The highest BCUT2D eigenvalue weighted by atomic mass is 35.5. The van der Waals surface area contributed by atoms with E-state index in [1.54, 1.807) is 42.5 Å². The number of halogens is 1. The van der Waals surface area contributed by atoms with E-state index in [0.717, 1.165) is 21.9 Å². The summed E-state index contributed by atoms with van der Waals surface area (Å²) in [5.41, 5.74) is 1.88. The summed E-state index contributed by atoms with van der Waals surface area (Å²) >= 11 is 6.09. The molecule has 41 heavy (non-hydrogen) atoms. The van der Waals surface area contributed by atoms with Crippen LogP contribution >= 0.6 is 11.6 Å². The Morgan fingerprint density at radius 1 is 0.951 bits per heavy atom. The van der Waals surface area contributed by atoms with Crippen LogP contribution in [0.5, 0.6) is 11.5 Å². The van der Waals surface area contributed by atoms with Gasteiger partial charge in [-0.3, -0.25) is 13.9 Å². The maximum atomic E-state index is 14.2. The Balaban J connectivity index is 1.73. The van der Waals surface area contributed by atoms with Crippen molar-refractivity contribution in [2.45, 2.75) is 39.3 Å². The summed E-state index contributed by atoms with van der Waals surface area (Å²) in [6.07, 6.45) is 0.974. The number of carbonyl (C=O) groups excluding carboxylic acids is 2. The molecule has 0 aliphatic carbocycles. The molecule has 0 fully saturated rings. The molecule has 4 rings (SSSR count). The molecule has 1 unspecified atom stereocenters. The molecule has 1 N–H and O–H groups in total. The van der Waals surface area contributed by atoms with Crippen LogP contribution in [0, 0.1) is 0 Å². The zero-order chi connectivity index (χ0) is 29.4. The highest BCUT2D eigenvalue weighted by Gasteiger charge is 2.34.